The lowest BCUT2D eigenvalue weighted by atomic mass is 9.72. The molecule has 2 heterocycles. The van der Waals surface area contributed by atoms with Crippen molar-refractivity contribution in [2.75, 3.05) is 18.8 Å². The molecule has 25 heavy (non-hydrogen) atoms. The Morgan fingerprint density at radius 3 is 2.28 bits per heavy atom. The molecule has 0 saturated heterocycles. The summed E-state index contributed by atoms with van der Waals surface area (Å²) in [5.41, 5.74) is 3.46. The van der Waals surface area contributed by atoms with Crippen molar-refractivity contribution in [3.8, 4) is 20.9 Å². The first-order valence-electron chi connectivity index (χ1n) is 9.35. The Bertz CT molecular complexity index is 781. The number of unbranched alkanes of at least 4 members (excludes halogenated alkanes) is 2. The van der Waals surface area contributed by atoms with E-state index in [1.165, 1.54) is 53.2 Å². The van der Waals surface area contributed by atoms with E-state index in [-0.39, 0.29) is 5.41 Å². The smallest absolute Gasteiger partial charge is 0.0787 e. The van der Waals surface area contributed by atoms with Crippen LogP contribution in [-0.4, -0.2) is 18.8 Å². The summed E-state index contributed by atoms with van der Waals surface area (Å²) >= 11 is 3.86. The second kappa shape index (κ2) is 7.51. The van der Waals surface area contributed by atoms with Gasteiger partial charge in [-0.2, -0.15) is 10.0 Å². The third-order valence-corrected chi connectivity index (χ3v) is 7.87. The van der Waals surface area contributed by atoms with Gasteiger partial charge < -0.3 is 0 Å². The second-order valence-electron chi connectivity index (χ2n) is 7.87. The Balaban J connectivity index is 2.08. The molecule has 0 amide bonds. The molecule has 0 aromatic carbocycles. The third kappa shape index (κ3) is 3.72. The average molecular weight is 391 g/mol. The van der Waals surface area contributed by atoms with E-state index in [1.807, 2.05) is 22.7 Å². The van der Waals surface area contributed by atoms with Gasteiger partial charge >= 0.3 is 0 Å². The lowest BCUT2D eigenvalue weighted by Gasteiger charge is -2.31. The van der Waals surface area contributed by atoms with Crippen LogP contribution >= 0.6 is 32.7 Å². The van der Waals surface area contributed by atoms with Crippen molar-refractivity contribution in [1.29, 1.82) is 0 Å². The van der Waals surface area contributed by atoms with E-state index in [4.69, 9.17) is 0 Å². The molecule has 1 aliphatic rings. The molecule has 0 spiro atoms. The zero-order valence-corrected chi connectivity index (χ0v) is 18.6. The van der Waals surface area contributed by atoms with E-state index in [2.05, 4.69) is 61.3 Å². The van der Waals surface area contributed by atoms with E-state index in [0.717, 1.165) is 0 Å². The highest BCUT2D eigenvalue weighted by Crippen LogP contribution is 2.58. The summed E-state index contributed by atoms with van der Waals surface area (Å²) in [6, 6.07) is 4.85. The molecule has 0 N–H and O–H groups in total. The van der Waals surface area contributed by atoms with Crippen molar-refractivity contribution in [2.24, 2.45) is 0 Å². The molecule has 1 aliphatic carbocycles. The predicted molar refractivity (Wildman–Crippen MR) is 120 cm³/mol. The van der Waals surface area contributed by atoms with Gasteiger partial charge in [0.15, 0.2) is 0 Å². The standard InChI is InChI=1S/C22H30S3/c1-6-8-12-22(13-9-7-2)18-10-14-23-20(18)21-19(22)16-17(24-21)11-15-25(3,4)5/h10,14,16H,6-9,12-13H2,1-5H3. The lowest BCUT2D eigenvalue weighted by molar-refractivity contribution is 0.415. The molecular formula is C22H30S3. The van der Waals surface area contributed by atoms with Gasteiger partial charge in [-0.05, 0) is 71.4 Å². The topological polar surface area (TPSA) is 0 Å². The fraction of sp³-hybridized carbons (Fsp3) is 0.545. The SMILES string of the molecule is CCCCC1(CCCC)c2ccsc2-c2sc(C#CS(C)(C)C)cc21. The Morgan fingerprint density at radius 1 is 1.00 bits per heavy atom. The quantitative estimate of drug-likeness (QED) is 0.449. The molecule has 0 unspecified atom stereocenters. The van der Waals surface area contributed by atoms with Crippen LogP contribution in [0.1, 0.15) is 68.4 Å². The van der Waals surface area contributed by atoms with Crippen LogP contribution < -0.4 is 0 Å². The van der Waals surface area contributed by atoms with Gasteiger partial charge in [0.1, 0.15) is 0 Å². The Kier molecular flexibility index (Phi) is 5.73. The van der Waals surface area contributed by atoms with Crippen molar-refractivity contribution in [1.82, 2.24) is 0 Å². The molecule has 2 aromatic rings. The van der Waals surface area contributed by atoms with E-state index in [1.54, 1.807) is 11.1 Å². The number of thiophene rings is 2. The third-order valence-electron chi connectivity index (χ3n) is 5.03. The first kappa shape index (κ1) is 19.1. The molecular weight excluding hydrogens is 360 g/mol. The first-order valence-corrected chi connectivity index (χ1v) is 13.9. The molecule has 3 rings (SSSR count). The van der Waals surface area contributed by atoms with Crippen LogP contribution in [0.3, 0.4) is 0 Å². The van der Waals surface area contributed by atoms with E-state index in [0.29, 0.717) is 0 Å². The minimum Gasteiger partial charge on any atom is -0.186 e. The monoisotopic (exact) mass is 390 g/mol. The zero-order valence-electron chi connectivity index (χ0n) is 16.2. The fourth-order valence-electron chi connectivity index (χ4n) is 3.81. The highest BCUT2D eigenvalue weighted by Gasteiger charge is 2.44. The van der Waals surface area contributed by atoms with Crippen molar-refractivity contribution < 1.29 is 0 Å². The molecule has 0 fully saturated rings. The maximum Gasteiger partial charge on any atom is 0.0787 e. The van der Waals surface area contributed by atoms with Crippen LogP contribution in [0.15, 0.2) is 17.5 Å². The summed E-state index contributed by atoms with van der Waals surface area (Å²) in [6.07, 6.45) is 14.5. The van der Waals surface area contributed by atoms with Gasteiger partial charge in [0.05, 0.1) is 4.88 Å². The Labute approximate surface area is 163 Å². The average Bonchev–Trinajstić information content (AvgIpc) is 3.23. The maximum absolute atomic E-state index is 3.51. The maximum atomic E-state index is 3.51. The second-order valence-corrected chi connectivity index (χ2v) is 13.7. The predicted octanol–water partition coefficient (Wildman–Crippen LogP) is 7.46. The summed E-state index contributed by atoms with van der Waals surface area (Å²) in [5, 5.41) is 5.80. The minimum atomic E-state index is -0.773. The summed E-state index contributed by atoms with van der Waals surface area (Å²) in [5.74, 6) is 3.50. The molecule has 0 aliphatic heterocycles. The van der Waals surface area contributed by atoms with Crippen LogP contribution in [0, 0.1) is 11.2 Å². The van der Waals surface area contributed by atoms with E-state index in [9.17, 15) is 0 Å². The number of fused-ring (bicyclic) bond motifs is 3. The number of hydrogen-bond donors (Lipinski definition) is 0. The normalized spacial score (nSPS) is 15.4. The highest BCUT2D eigenvalue weighted by molar-refractivity contribution is 8.36. The van der Waals surface area contributed by atoms with Crippen molar-refractivity contribution >= 4 is 32.7 Å². The van der Waals surface area contributed by atoms with Crippen molar-refractivity contribution in [3.63, 3.8) is 0 Å². The Morgan fingerprint density at radius 2 is 1.68 bits per heavy atom. The van der Waals surface area contributed by atoms with Crippen LogP contribution in [0.25, 0.3) is 9.75 Å². The summed E-state index contributed by atoms with van der Waals surface area (Å²) in [6.45, 7) is 4.63. The van der Waals surface area contributed by atoms with Gasteiger partial charge in [0.25, 0.3) is 0 Å². The molecule has 0 atom stereocenters. The molecule has 3 heteroatoms. The van der Waals surface area contributed by atoms with Crippen LogP contribution in [0.5, 0.6) is 0 Å². The Hall–Kier alpha value is -0.690. The zero-order chi connectivity index (χ0) is 18.1. The summed E-state index contributed by atoms with van der Waals surface area (Å²) in [7, 11) is -0.773. The summed E-state index contributed by atoms with van der Waals surface area (Å²) < 4.78 is 0. The number of hydrogen-bond acceptors (Lipinski definition) is 2. The highest BCUT2D eigenvalue weighted by atomic mass is 32.3. The molecule has 2 aromatic heterocycles. The van der Waals surface area contributed by atoms with Crippen LogP contribution in [-0.2, 0) is 5.41 Å². The van der Waals surface area contributed by atoms with Gasteiger partial charge in [0, 0.05) is 15.2 Å². The summed E-state index contributed by atoms with van der Waals surface area (Å²) in [4.78, 5) is 4.32. The van der Waals surface area contributed by atoms with Crippen LogP contribution in [0.4, 0.5) is 0 Å². The molecule has 0 bridgehead atoms. The van der Waals surface area contributed by atoms with E-state index >= 15 is 0 Å². The first-order chi connectivity index (χ1) is 11.9. The fourth-order valence-corrected chi connectivity index (χ4v) is 6.57. The molecule has 0 saturated carbocycles. The molecule has 0 nitrogen and oxygen atoms in total. The molecule has 136 valence electrons. The number of rotatable bonds is 6. The van der Waals surface area contributed by atoms with E-state index < -0.39 is 10.0 Å². The van der Waals surface area contributed by atoms with Gasteiger partial charge in [-0.15, -0.1) is 22.7 Å². The van der Waals surface area contributed by atoms with Gasteiger partial charge in [-0.3, -0.25) is 0 Å². The lowest BCUT2D eigenvalue weighted by Crippen LogP contribution is -2.24. The van der Waals surface area contributed by atoms with Crippen molar-refractivity contribution in [2.45, 2.75) is 57.8 Å². The minimum absolute atomic E-state index is 0.252. The van der Waals surface area contributed by atoms with Gasteiger partial charge in [-0.25, -0.2) is 0 Å². The van der Waals surface area contributed by atoms with Gasteiger partial charge in [0.2, 0.25) is 0 Å². The molecule has 0 radical (unpaired) electrons. The largest absolute Gasteiger partial charge is 0.186 e. The van der Waals surface area contributed by atoms with Crippen LogP contribution in [0.2, 0.25) is 0 Å². The van der Waals surface area contributed by atoms with Crippen molar-refractivity contribution in [3.05, 3.63) is 33.5 Å². The van der Waals surface area contributed by atoms with Gasteiger partial charge in [-0.1, -0.05) is 39.5 Å².